The first-order chi connectivity index (χ1) is 5.93. The number of carbonyl (C=O) groups is 3. The van der Waals surface area contributed by atoms with Crippen LogP contribution in [0.2, 0.25) is 0 Å². The van der Waals surface area contributed by atoms with Gasteiger partial charge in [-0.1, -0.05) is 12.8 Å². The largest absolute Gasteiger partial charge is 0.480 e. The van der Waals surface area contributed by atoms with Gasteiger partial charge in [0.1, 0.15) is 13.1 Å². The Labute approximate surface area is 80.4 Å². The Balaban J connectivity index is 3.74. The number of aliphatic carboxylic acids is 1. The number of nitrogens with one attached hydrogen (secondary N) is 1. The molecule has 0 aliphatic heterocycles. The highest BCUT2D eigenvalue weighted by Gasteiger charge is 2.09. The van der Waals surface area contributed by atoms with Gasteiger partial charge in [-0.15, -0.1) is 0 Å². The van der Waals surface area contributed by atoms with Crippen molar-refractivity contribution in [2.75, 3.05) is 13.1 Å². The highest BCUT2D eigenvalue weighted by Crippen LogP contribution is 1.91. The molecule has 0 bridgehead atoms. The molecule has 2 amide bonds. The van der Waals surface area contributed by atoms with E-state index in [1.165, 1.54) is 6.92 Å². The number of nitrogens with zero attached hydrogens (tertiary/aromatic N) is 1. The second-order valence-electron chi connectivity index (χ2n) is 2.25. The highest BCUT2D eigenvalue weighted by molar-refractivity contribution is 7.78. The number of amides is 2. The van der Waals surface area contributed by atoms with Crippen LogP contribution in [0, 0.1) is 0 Å². The Morgan fingerprint density at radius 3 is 2.38 bits per heavy atom. The van der Waals surface area contributed by atoms with Crippen LogP contribution in [0.4, 0.5) is 0 Å². The van der Waals surface area contributed by atoms with E-state index in [2.05, 4.69) is 18.1 Å². The lowest BCUT2D eigenvalue weighted by Crippen LogP contribution is -2.37. The van der Waals surface area contributed by atoms with Crippen LogP contribution < -0.4 is 5.32 Å². The van der Waals surface area contributed by atoms with Crippen molar-refractivity contribution in [3.05, 3.63) is 0 Å². The van der Waals surface area contributed by atoms with Gasteiger partial charge < -0.3 is 10.4 Å². The minimum Gasteiger partial charge on any atom is -0.480 e. The predicted molar refractivity (Wildman–Crippen MR) is 47.0 cm³/mol. The van der Waals surface area contributed by atoms with Crippen LogP contribution >= 0.6 is 12.8 Å². The van der Waals surface area contributed by atoms with Crippen LogP contribution in [0.5, 0.6) is 0 Å². The monoisotopic (exact) mass is 206 g/mol. The summed E-state index contributed by atoms with van der Waals surface area (Å²) in [5.41, 5.74) is 0. The topological polar surface area (TPSA) is 86.7 Å². The molecule has 0 aliphatic carbocycles. The first-order valence-corrected chi connectivity index (χ1v) is 3.79. The van der Waals surface area contributed by atoms with Crippen molar-refractivity contribution in [3.63, 3.8) is 0 Å². The maximum atomic E-state index is 10.8. The summed E-state index contributed by atoms with van der Waals surface area (Å²) in [5, 5.41) is 10.3. The molecule has 0 spiro atoms. The molecule has 0 aromatic heterocycles. The average molecular weight is 206 g/mol. The lowest BCUT2D eigenvalue weighted by Gasteiger charge is -2.11. The Kier molecular flexibility index (Phi) is 4.90. The molecule has 0 radical (unpaired) electrons. The molecule has 2 N–H and O–H groups in total. The normalized spacial score (nSPS) is 9.08. The van der Waals surface area contributed by atoms with E-state index in [1.807, 2.05) is 0 Å². The summed E-state index contributed by atoms with van der Waals surface area (Å²) in [6.45, 7) is 0.529. The maximum absolute atomic E-state index is 10.8. The molecular weight excluding hydrogens is 196 g/mol. The zero-order valence-corrected chi connectivity index (χ0v) is 7.88. The van der Waals surface area contributed by atoms with E-state index >= 15 is 0 Å². The van der Waals surface area contributed by atoms with E-state index in [-0.39, 0.29) is 12.5 Å². The molecule has 7 heteroatoms. The van der Waals surface area contributed by atoms with Gasteiger partial charge >= 0.3 is 5.97 Å². The molecule has 74 valence electrons. The molecule has 0 aromatic rings. The summed E-state index contributed by atoms with van der Waals surface area (Å²) < 4.78 is 0.886. The third kappa shape index (κ3) is 5.97. The molecule has 0 heterocycles. The fourth-order valence-electron chi connectivity index (χ4n) is 0.477. The second kappa shape index (κ2) is 5.41. The van der Waals surface area contributed by atoms with Crippen molar-refractivity contribution in [1.29, 1.82) is 0 Å². The first-order valence-electron chi connectivity index (χ1n) is 3.39. The number of carboxylic acids is 1. The molecule has 13 heavy (non-hydrogen) atoms. The van der Waals surface area contributed by atoms with Crippen molar-refractivity contribution >= 4 is 30.6 Å². The lowest BCUT2D eigenvalue weighted by atomic mass is 10.5. The van der Waals surface area contributed by atoms with Crippen molar-refractivity contribution in [2.24, 2.45) is 0 Å². The van der Waals surface area contributed by atoms with Crippen LogP contribution in [-0.2, 0) is 14.4 Å². The smallest absolute Gasteiger partial charge is 0.322 e. The molecule has 0 rings (SSSR count). The molecule has 0 aromatic carbocycles. The fraction of sp³-hybridized carbons (Fsp3) is 0.500. The summed E-state index contributed by atoms with van der Waals surface area (Å²) in [4.78, 5) is 31.4. The van der Waals surface area contributed by atoms with E-state index in [1.54, 1.807) is 0 Å². The first kappa shape index (κ1) is 11.8. The van der Waals surface area contributed by atoms with Crippen LogP contribution in [0.3, 0.4) is 0 Å². The molecule has 6 nitrogen and oxygen atoms in total. The van der Waals surface area contributed by atoms with Gasteiger partial charge in [0.2, 0.25) is 11.8 Å². The van der Waals surface area contributed by atoms with Crippen molar-refractivity contribution in [1.82, 2.24) is 9.62 Å². The summed E-state index contributed by atoms with van der Waals surface area (Å²) in [5.74, 6) is -2.08. The van der Waals surface area contributed by atoms with Gasteiger partial charge in [-0.3, -0.25) is 18.7 Å². The predicted octanol–water partition coefficient (Wildman–Crippen LogP) is -1.12. The summed E-state index contributed by atoms with van der Waals surface area (Å²) in [6, 6.07) is 0. The van der Waals surface area contributed by atoms with Crippen LogP contribution in [-0.4, -0.2) is 40.3 Å². The molecule has 0 aliphatic rings. The third-order valence-corrected chi connectivity index (χ3v) is 1.52. The Morgan fingerprint density at radius 2 is 2.00 bits per heavy atom. The molecule has 0 saturated heterocycles. The quantitative estimate of drug-likeness (QED) is 0.508. The Morgan fingerprint density at radius 1 is 1.46 bits per heavy atom. The number of hydrogen-bond acceptors (Lipinski definition) is 4. The van der Waals surface area contributed by atoms with Crippen LogP contribution in [0.1, 0.15) is 6.92 Å². The van der Waals surface area contributed by atoms with Gasteiger partial charge in [0.15, 0.2) is 0 Å². The number of thiol groups is 1. The van der Waals surface area contributed by atoms with E-state index in [0.717, 1.165) is 4.31 Å². The van der Waals surface area contributed by atoms with E-state index in [0.29, 0.717) is 0 Å². The zero-order chi connectivity index (χ0) is 10.4. The van der Waals surface area contributed by atoms with Crippen molar-refractivity contribution < 1.29 is 19.5 Å². The molecular formula is C6H10N2O4S. The lowest BCUT2D eigenvalue weighted by molar-refractivity contribution is -0.138. The maximum Gasteiger partial charge on any atom is 0.322 e. The van der Waals surface area contributed by atoms with Gasteiger partial charge in [-0.05, 0) is 0 Å². The summed E-state index contributed by atoms with van der Waals surface area (Å²) >= 11 is 3.68. The number of carboxylic acid groups (broad SMARTS) is 1. The van der Waals surface area contributed by atoms with E-state index < -0.39 is 18.4 Å². The second-order valence-corrected chi connectivity index (χ2v) is 2.73. The zero-order valence-electron chi connectivity index (χ0n) is 6.98. The SMILES string of the molecule is CC(=O)N(S)CC(=O)NCC(=O)O. The van der Waals surface area contributed by atoms with Crippen LogP contribution in [0.25, 0.3) is 0 Å². The van der Waals surface area contributed by atoms with Gasteiger partial charge in [0.25, 0.3) is 0 Å². The minimum atomic E-state index is -1.14. The Hall–Kier alpha value is -1.24. The minimum absolute atomic E-state index is 0.258. The standard InChI is InChI=1S/C6H10N2O4S/c1-4(9)8(13)3-5(10)7-2-6(11)12/h13H,2-3H2,1H3,(H,7,10)(H,11,12). The third-order valence-electron chi connectivity index (χ3n) is 1.09. The van der Waals surface area contributed by atoms with Crippen molar-refractivity contribution in [3.8, 4) is 0 Å². The average Bonchev–Trinajstić information content (AvgIpc) is 2.00. The fourth-order valence-corrected chi connectivity index (χ4v) is 0.606. The summed E-state index contributed by atoms with van der Waals surface area (Å²) in [7, 11) is 0. The number of rotatable bonds is 4. The van der Waals surface area contributed by atoms with Gasteiger partial charge in [0, 0.05) is 6.92 Å². The van der Waals surface area contributed by atoms with Crippen molar-refractivity contribution in [2.45, 2.75) is 6.92 Å². The molecule has 0 saturated carbocycles. The van der Waals surface area contributed by atoms with Gasteiger partial charge in [-0.2, -0.15) is 0 Å². The highest BCUT2D eigenvalue weighted by atomic mass is 32.1. The summed E-state index contributed by atoms with van der Waals surface area (Å²) in [6.07, 6.45) is 0. The molecule has 0 fully saturated rings. The van der Waals surface area contributed by atoms with E-state index in [4.69, 9.17) is 5.11 Å². The van der Waals surface area contributed by atoms with E-state index in [9.17, 15) is 14.4 Å². The molecule has 0 unspecified atom stereocenters. The number of carbonyl (C=O) groups excluding carboxylic acids is 2. The Bertz CT molecular complexity index is 231. The van der Waals surface area contributed by atoms with Crippen LogP contribution in [0.15, 0.2) is 0 Å². The number of hydrogen-bond donors (Lipinski definition) is 3. The molecule has 0 atom stereocenters. The van der Waals surface area contributed by atoms with Gasteiger partial charge in [0.05, 0.1) is 0 Å². The van der Waals surface area contributed by atoms with Gasteiger partial charge in [-0.25, -0.2) is 0 Å².